The van der Waals surface area contributed by atoms with Crippen molar-refractivity contribution in [2.24, 2.45) is 0 Å². The molecular weight excluding hydrogens is 256 g/mol. The Hall–Kier alpha value is -0.613. The van der Waals surface area contributed by atoms with Gasteiger partial charge in [-0.15, -0.1) is 0 Å². The van der Waals surface area contributed by atoms with E-state index >= 15 is 0 Å². The number of carbonyl (C=O) groups is 1. The number of carboxylic acids is 1. The van der Waals surface area contributed by atoms with Gasteiger partial charge in [0.2, 0.25) is 0 Å². The van der Waals surface area contributed by atoms with Crippen LogP contribution in [0.4, 0.5) is 0 Å². The molecular formula is C15H30O3Si. The highest BCUT2D eigenvalue weighted by atomic mass is 28.2. The van der Waals surface area contributed by atoms with Crippen molar-refractivity contribution < 1.29 is 14.3 Å². The molecule has 0 fully saturated rings. The van der Waals surface area contributed by atoms with Gasteiger partial charge in [-0.3, -0.25) is 0 Å². The molecule has 4 heteroatoms. The summed E-state index contributed by atoms with van der Waals surface area (Å²) in [5.41, 5.74) is 1.16. The molecule has 0 aliphatic heterocycles. The van der Waals surface area contributed by atoms with Crippen LogP contribution in [0.1, 0.15) is 65.7 Å². The van der Waals surface area contributed by atoms with Crippen LogP contribution < -0.4 is 0 Å². The molecule has 0 saturated heterocycles. The molecule has 0 rings (SSSR count). The van der Waals surface area contributed by atoms with Gasteiger partial charge in [-0.25, -0.2) is 4.79 Å². The number of unbranched alkanes of at least 4 members (excludes halogenated alkanes) is 3. The fourth-order valence-electron chi connectivity index (χ4n) is 2.08. The lowest BCUT2D eigenvalue weighted by Gasteiger charge is -2.15. The zero-order valence-electron chi connectivity index (χ0n) is 12.8. The minimum absolute atomic E-state index is 0.450. The Morgan fingerprint density at radius 1 is 1.26 bits per heavy atom. The second-order valence-corrected chi connectivity index (χ2v) is 7.04. The van der Waals surface area contributed by atoms with E-state index in [1.54, 1.807) is 6.92 Å². The summed E-state index contributed by atoms with van der Waals surface area (Å²) in [6, 6.07) is 0. The Morgan fingerprint density at radius 2 is 2.00 bits per heavy atom. The lowest BCUT2D eigenvalue weighted by molar-refractivity contribution is -0.132. The van der Waals surface area contributed by atoms with Crippen LogP contribution in [-0.4, -0.2) is 27.4 Å². The molecule has 0 aromatic carbocycles. The Morgan fingerprint density at radius 3 is 2.58 bits per heavy atom. The van der Waals surface area contributed by atoms with Crippen LogP contribution in [-0.2, 0) is 9.22 Å². The summed E-state index contributed by atoms with van der Waals surface area (Å²) < 4.78 is 5.66. The predicted octanol–water partition coefficient (Wildman–Crippen LogP) is 3.68. The van der Waals surface area contributed by atoms with Crippen LogP contribution >= 0.6 is 0 Å². The van der Waals surface area contributed by atoms with E-state index in [9.17, 15) is 4.79 Å². The van der Waals surface area contributed by atoms with Gasteiger partial charge in [-0.1, -0.05) is 45.1 Å². The van der Waals surface area contributed by atoms with Gasteiger partial charge in [0.1, 0.15) is 0 Å². The fourth-order valence-corrected chi connectivity index (χ4v) is 3.50. The first-order chi connectivity index (χ1) is 9.11. The molecule has 0 aromatic heterocycles. The molecule has 0 spiro atoms. The van der Waals surface area contributed by atoms with E-state index in [0.29, 0.717) is 11.1 Å². The van der Waals surface area contributed by atoms with Crippen molar-refractivity contribution in [2.75, 3.05) is 6.61 Å². The van der Waals surface area contributed by atoms with Crippen molar-refractivity contribution in [1.29, 1.82) is 0 Å². The van der Waals surface area contributed by atoms with Crippen molar-refractivity contribution in [1.82, 2.24) is 0 Å². The molecule has 1 atom stereocenters. The monoisotopic (exact) mass is 286 g/mol. The molecule has 1 unspecified atom stereocenters. The van der Waals surface area contributed by atoms with Gasteiger partial charge in [0.05, 0.1) is 0 Å². The normalized spacial score (nSPS) is 14.2. The molecule has 0 bridgehead atoms. The third-order valence-corrected chi connectivity index (χ3v) is 5.32. The highest BCUT2D eigenvalue weighted by molar-refractivity contribution is 6.29. The molecule has 0 radical (unpaired) electrons. The van der Waals surface area contributed by atoms with E-state index in [4.69, 9.17) is 9.53 Å². The topological polar surface area (TPSA) is 46.5 Å². The van der Waals surface area contributed by atoms with Crippen molar-refractivity contribution in [2.45, 2.75) is 71.3 Å². The minimum atomic E-state index is -0.804. The van der Waals surface area contributed by atoms with Gasteiger partial charge in [0.15, 0.2) is 9.76 Å². The third kappa shape index (κ3) is 11.0. The van der Waals surface area contributed by atoms with Gasteiger partial charge in [0.25, 0.3) is 0 Å². The Kier molecular flexibility index (Phi) is 12.0. The highest BCUT2D eigenvalue weighted by Gasteiger charge is 2.09. The van der Waals surface area contributed by atoms with Crippen LogP contribution in [0, 0.1) is 0 Å². The summed E-state index contributed by atoms with van der Waals surface area (Å²) in [4.78, 5) is 10.7. The van der Waals surface area contributed by atoms with Gasteiger partial charge < -0.3 is 9.53 Å². The lowest BCUT2D eigenvalue weighted by Crippen LogP contribution is -2.08. The van der Waals surface area contributed by atoms with E-state index < -0.39 is 15.7 Å². The molecule has 19 heavy (non-hydrogen) atoms. The maximum absolute atomic E-state index is 10.7. The molecule has 112 valence electrons. The fraction of sp³-hybridized carbons (Fsp3) is 0.800. The van der Waals surface area contributed by atoms with Gasteiger partial charge >= 0.3 is 5.97 Å². The largest absolute Gasteiger partial charge is 0.478 e. The molecule has 0 amide bonds. The third-order valence-electron chi connectivity index (χ3n) is 3.39. The van der Waals surface area contributed by atoms with E-state index in [1.165, 1.54) is 32.1 Å². The zero-order chi connectivity index (χ0) is 14.5. The van der Waals surface area contributed by atoms with Crippen LogP contribution in [0.15, 0.2) is 11.6 Å². The summed E-state index contributed by atoms with van der Waals surface area (Å²) in [7, 11) is -0.450. The Bertz CT molecular complexity index is 264. The standard InChI is InChI=1S/C15H30O3Si/c1-4-6-7-8-11-14(19-18-5-2)12-9-10-13(3)15(16)17/h10,14H,4-9,11-12,19H2,1-3H3,(H,16,17). The number of rotatable bonds is 12. The Balaban J connectivity index is 3.97. The SMILES string of the molecule is CCCCCCC(CCC=C(C)C(=O)O)[SiH2]OCC. The van der Waals surface area contributed by atoms with E-state index in [1.807, 2.05) is 6.08 Å². The van der Waals surface area contributed by atoms with E-state index in [-0.39, 0.29) is 0 Å². The molecule has 0 aromatic rings. The summed E-state index contributed by atoms with van der Waals surface area (Å²) in [6.07, 6.45) is 10.3. The zero-order valence-corrected chi connectivity index (χ0v) is 14.2. The molecule has 0 heterocycles. The summed E-state index contributed by atoms with van der Waals surface area (Å²) in [5.74, 6) is -0.804. The molecule has 0 saturated carbocycles. The predicted molar refractivity (Wildman–Crippen MR) is 83.3 cm³/mol. The van der Waals surface area contributed by atoms with Crippen molar-refractivity contribution in [3.63, 3.8) is 0 Å². The van der Waals surface area contributed by atoms with Gasteiger partial charge in [-0.2, -0.15) is 0 Å². The van der Waals surface area contributed by atoms with Crippen molar-refractivity contribution >= 4 is 15.7 Å². The maximum atomic E-state index is 10.7. The molecule has 0 aliphatic carbocycles. The van der Waals surface area contributed by atoms with Crippen molar-refractivity contribution in [3.05, 3.63) is 11.6 Å². The highest BCUT2D eigenvalue weighted by Crippen LogP contribution is 2.22. The summed E-state index contributed by atoms with van der Waals surface area (Å²) in [5, 5.41) is 8.80. The average Bonchev–Trinajstić information content (AvgIpc) is 2.39. The number of allylic oxidation sites excluding steroid dienone is 1. The molecule has 3 nitrogen and oxygen atoms in total. The van der Waals surface area contributed by atoms with Crippen molar-refractivity contribution in [3.8, 4) is 0 Å². The average molecular weight is 286 g/mol. The second-order valence-electron chi connectivity index (χ2n) is 5.14. The lowest BCUT2D eigenvalue weighted by atomic mass is 10.1. The maximum Gasteiger partial charge on any atom is 0.330 e. The smallest absolute Gasteiger partial charge is 0.330 e. The van der Waals surface area contributed by atoms with Crippen LogP contribution in [0.25, 0.3) is 0 Å². The van der Waals surface area contributed by atoms with E-state index in [2.05, 4.69) is 13.8 Å². The molecule has 0 aliphatic rings. The van der Waals surface area contributed by atoms with Gasteiger partial charge in [0, 0.05) is 12.2 Å². The van der Waals surface area contributed by atoms with Crippen LogP contribution in [0.5, 0.6) is 0 Å². The number of carboxylic acid groups (broad SMARTS) is 1. The van der Waals surface area contributed by atoms with Crippen LogP contribution in [0.3, 0.4) is 0 Å². The number of aliphatic carboxylic acids is 1. The quantitative estimate of drug-likeness (QED) is 0.338. The summed E-state index contributed by atoms with van der Waals surface area (Å²) in [6.45, 7) is 6.77. The first-order valence-corrected chi connectivity index (χ1v) is 8.98. The second kappa shape index (κ2) is 12.4. The minimum Gasteiger partial charge on any atom is -0.478 e. The van der Waals surface area contributed by atoms with Gasteiger partial charge in [-0.05, 0) is 32.2 Å². The van der Waals surface area contributed by atoms with E-state index in [0.717, 1.165) is 19.4 Å². The first kappa shape index (κ1) is 18.4. The van der Waals surface area contributed by atoms with Crippen LogP contribution in [0.2, 0.25) is 5.54 Å². The number of hydrogen-bond acceptors (Lipinski definition) is 2. The number of hydrogen-bond donors (Lipinski definition) is 1. The first-order valence-electron chi connectivity index (χ1n) is 7.59. The summed E-state index contributed by atoms with van der Waals surface area (Å²) >= 11 is 0. The molecule has 1 N–H and O–H groups in total. The Labute approximate surface area is 120 Å².